The van der Waals surface area contributed by atoms with Gasteiger partial charge < -0.3 is 15.4 Å². The normalized spacial score (nSPS) is 10.8. The summed E-state index contributed by atoms with van der Waals surface area (Å²) in [5, 5.41) is 6.14. The van der Waals surface area contributed by atoms with Gasteiger partial charge in [-0.1, -0.05) is 19.1 Å². The van der Waals surface area contributed by atoms with Gasteiger partial charge in [-0.25, -0.2) is 0 Å². The van der Waals surface area contributed by atoms with Crippen molar-refractivity contribution in [2.75, 3.05) is 19.6 Å². The first-order valence-corrected chi connectivity index (χ1v) is 7.33. The van der Waals surface area contributed by atoms with E-state index in [0.717, 1.165) is 25.1 Å². The van der Waals surface area contributed by atoms with Crippen molar-refractivity contribution in [1.29, 1.82) is 0 Å². The van der Waals surface area contributed by atoms with E-state index in [1.165, 1.54) is 0 Å². The summed E-state index contributed by atoms with van der Waals surface area (Å²) < 4.78 is 5.52. The fourth-order valence-electron chi connectivity index (χ4n) is 1.68. The first-order valence-electron chi connectivity index (χ1n) is 7.33. The molecule has 0 saturated heterocycles. The SMILES string of the molecule is CCCNCCNC(=O)c1ccc(COC(C)C)cc1. The van der Waals surface area contributed by atoms with Crippen molar-refractivity contribution in [2.24, 2.45) is 0 Å². The number of amides is 1. The molecular weight excluding hydrogens is 252 g/mol. The number of ether oxygens (including phenoxy) is 1. The Kier molecular flexibility index (Phi) is 7.92. The molecule has 0 saturated carbocycles. The molecule has 2 N–H and O–H groups in total. The lowest BCUT2D eigenvalue weighted by Crippen LogP contribution is -2.32. The minimum atomic E-state index is -0.0281. The molecule has 1 amide bonds. The van der Waals surface area contributed by atoms with Crippen molar-refractivity contribution < 1.29 is 9.53 Å². The van der Waals surface area contributed by atoms with E-state index in [9.17, 15) is 4.79 Å². The largest absolute Gasteiger partial charge is 0.374 e. The van der Waals surface area contributed by atoms with Gasteiger partial charge in [0, 0.05) is 18.7 Å². The molecule has 0 aliphatic heterocycles. The highest BCUT2D eigenvalue weighted by molar-refractivity contribution is 5.94. The van der Waals surface area contributed by atoms with Gasteiger partial charge in [0.15, 0.2) is 0 Å². The standard InChI is InChI=1S/C16H26N2O2/c1-4-9-17-10-11-18-16(19)15-7-5-14(6-8-15)12-20-13(2)3/h5-8,13,17H,4,9-12H2,1-3H3,(H,18,19). The lowest BCUT2D eigenvalue weighted by Gasteiger charge is -2.09. The smallest absolute Gasteiger partial charge is 0.251 e. The highest BCUT2D eigenvalue weighted by Gasteiger charge is 2.04. The summed E-state index contributed by atoms with van der Waals surface area (Å²) in [5.41, 5.74) is 1.77. The Morgan fingerprint density at radius 1 is 1.15 bits per heavy atom. The Labute approximate surface area is 121 Å². The molecule has 0 fully saturated rings. The van der Waals surface area contributed by atoms with Crippen LogP contribution in [0.2, 0.25) is 0 Å². The number of carbonyl (C=O) groups excluding carboxylic acids is 1. The van der Waals surface area contributed by atoms with Gasteiger partial charge >= 0.3 is 0 Å². The molecule has 0 bridgehead atoms. The van der Waals surface area contributed by atoms with E-state index in [0.29, 0.717) is 18.7 Å². The van der Waals surface area contributed by atoms with Crippen LogP contribution < -0.4 is 10.6 Å². The maximum Gasteiger partial charge on any atom is 0.251 e. The fraction of sp³-hybridized carbons (Fsp3) is 0.562. The first-order chi connectivity index (χ1) is 9.63. The fourth-order valence-corrected chi connectivity index (χ4v) is 1.68. The van der Waals surface area contributed by atoms with Crippen LogP contribution in [0.15, 0.2) is 24.3 Å². The van der Waals surface area contributed by atoms with E-state index in [4.69, 9.17) is 4.74 Å². The monoisotopic (exact) mass is 278 g/mol. The molecule has 1 aromatic rings. The van der Waals surface area contributed by atoms with Crippen LogP contribution in [0.25, 0.3) is 0 Å². The maximum atomic E-state index is 11.9. The summed E-state index contributed by atoms with van der Waals surface area (Å²) >= 11 is 0. The second-order valence-corrected chi connectivity index (χ2v) is 5.06. The summed E-state index contributed by atoms with van der Waals surface area (Å²) in [5.74, 6) is -0.0281. The van der Waals surface area contributed by atoms with Gasteiger partial charge in [0.1, 0.15) is 0 Å². The number of rotatable bonds is 9. The average Bonchev–Trinajstić information content (AvgIpc) is 2.45. The minimum Gasteiger partial charge on any atom is -0.374 e. The zero-order valence-electron chi connectivity index (χ0n) is 12.7. The van der Waals surface area contributed by atoms with Crippen LogP contribution in [-0.2, 0) is 11.3 Å². The van der Waals surface area contributed by atoms with E-state index in [-0.39, 0.29) is 12.0 Å². The molecule has 0 atom stereocenters. The third-order valence-electron chi connectivity index (χ3n) is 2.81. The highest BCUT2D eigenvalue weighted by Crippen LogP contribution is 2.07. The van der Waals surface area contributed by atoms with E-state index in [1.54, 1.807) is 0 Å². The molecule has 4 nitrogen and oxygen atoms in total. The van der Waals surface area contributed by atoms with E-state index in [1.807, 2.05) is 38.1 Å². The Morgan fingerprint density at radius 3 is 2.45 bits per heavy atom. The lowest BCUT2D eigenvalue weighted by molar-refractivity contribution is 0.0657. The summed E-state index contributed by atoms with van der Waals surface area (Å²) in [6.07, 6.45) is 1.32. The van der Waals surface area contributed by atoms with Gasteiger partial charge in [0.25, 0.3) is 5.91 Å². The van der Waals surface area contributed by atoms with Crippen molar-refractivity contribution in [3.05, 3.63) is 35.4 Å². The second-order valence-electron chi connectivity index (χ2n) is 5.06. The third-order valence-corrected chi connectivity index (χ3v) is 2.81. The third kappa shape index (κ3) is 6.68. The van der Waals surface area contributed by atoms with Crippen LogP contribution in [0.3, 0.4) is 0 Å². The van der Waals surface area contributed by atoms with Crippen LogP contribution in [0.5, 0.6) is 0 Å². The number of nitrogens with one attached hydrogen (secondary N) is 2. The maximum absolute atomic E-state index is 11.9. The molecule has 0 heterocycles. The van der Waals surface area contributed by atoms with E-state index in [2.05, 4.69) is 17.6 Å². The predicted molar refractivity (Wildman–Crippen MR) is 81.9 cm³/mol. The van der Waals surface area contributed by atoms with Crippen LogP contribution >= 0.6 is 0 Å². The highest BCUT2D eigenvalue weighted by atomic mass is 16.5. The van der Waals surface area contributed by atoms with Crippen LogP contribution in [0.4, 0.5) is 0 Å². The Bertz CT molecular complexity index is 388. The van der Waals surface area contributed by atoms with Crippen LogP contribution in [0.1, 0.15) is 43.1 Å². The molecule has 4 heteroatoms. The Hall–Kier alpha value is -1.39. The molecule has 0 spiro atoms. The second kappa shape index (κ2) is 9.50. The molecule has 1 rings (SSSR count). The number of carbonyl (C=O) groups is 1. The van der Waals surface area contributed by atoms with Gasteiger partial charge in [0.05, 0.1) is 12.7 Å². The Morgan fingerprint density at radius 2 is 1.85 bits per heavy atom. The summed E-state index contributed by atoms with van der Waals surface area (Å²) in [7, 11) is 0. The van der Waals surface area contributed by atoms with Gasteiger partial charge in [-0.05, 0) is 44.5 Å². The van der Waals surface area contributed by atoms with Gasteiger partial charge in [-0.15, -0.1) is 0 Å². The predicted octanol–water partition coefficient (Wildman–Crippen LogP) is 2.34. The zero-order chi connectivity index (χ0) is 14.8. The van der Waals surface area contributed by atoms with E-state index >= 15 is 0 Å². The van der Waals surface area contributed by atoms with Gasteiger partial charge in [-0.3, -0.25) is 4.79 Å². The minimum absolute atomic E-state index is 0.0281. The number of hydrogen-bond donors (Lipinski definition) is 2. The van der Waals surface area contributed by atoms with Gasteiger partial charge in [0.2, 0.25) is 0 Å². The molecule has 0 aliphatic carbocycles. The molecule has 1 aromatic carbocycles. The molecule has 112 valence electrons. The number of hydrogen-bond acceptors (Lipinski definition) is 3. The summed E-state index contributed by atoms with van der Waals surface area (Å²) in [6, 6.07) is 7.56. The molecule has 0 radical (unpaired) electrons. The summed E-state index contributed by atoms with van der Waals surface area (Å²) in [4.78, 5) is 11.9. The van der Waals surface area contributed by atoms with Crippen LogP contribution in [0, 0.1) is 0 Å². The number of benzene rings is 1. The molecule has 0 aliphatic rings. The first kappa shape index (κ1) is 16.7. The molecule has 20 heavy (non-hydrogen) atoms. The quantitative estimate of drug-likeness (QED) is 0.682. The van der Waals surface area contributed by atoms with Crippen molar-refractivity contribution in [2.45, 2.75) is 39.9 Å². The van der Waals surface area contributed by atoms with Crippen molar-refractivity contribution >= 4 is 5.91 Å². The lowest BCUT2D eigenvalue weighted by atomic mass is 10.1. The van der Waals surface area contributed by atoms with Crippen molar-refractivity contribution in [3.63, 3.8) is 0 Å². The topological polar surface area (TPSA) is 50.4 Å². The van der Waals surface area contributed by atoms with E-state index < -0.39 is 0 Å². The average molecular weight is 278 g/mol. The van der Waals surface area contributed by atoms with Crippen molar-refractivity contribution in [1.82, 2.24) is 10.6 Å². The van der Waals surface area contributed by atoms with Gasteiger partial charge in [-0.2, -0.15) is 0 Å². The van der Waals surface area contributed by atoms with Crippen molar-refractivity contribution in [3.8, 4) is 0 Å². The Balaban J connectivity index is 2.33. The molecular formula is C16H26N2O2. The molecule has 0 unspecified atom stereocenters. The molecule has 0 aromatic heterocycles. The zero-order valence-corrected chi connectivity index (χ0v) is 12.7. The summed E-state index contributed by atoms with van der Waals surface area (Å²) in [6.45, 7) is 9.16. The van der Waals surface area contributed by atoms with Crippen LogP contribution in [-0.4, -0.2) is 31.6 Å².